The molecule has 1 aromatic carbocycles. The molecule has 10 nitrogen and oxygen atoms in total. The van der Waals surface area contributed by atoms with Crippen LogP contribution >= 0.6 is 0 Å². The highest BCUT2D eigenvalue weighted by molar-refractivity contribution is 5.82. The molecule has 0 aromatic heterocycles. The summed E-state index contributed by atoms with van der Waals surface area (Å²) in [6, 6.07) is 1.90. The molecule has 0 saturated carbocycles. The van der Waals surface area contributed by atoms with Crippen LogP contribution in [0.4, 0.5) is 5.69 Å². The number of carbonyl (C=O) groups excluding carboxylic acids is 1. The molecule has 0 aliphatic rings. The SMILES string of the molecule is [N-]=[N+]=NCCC(O)C(O)c1cc(C=O)c(O)c([N+](=O)[O-])c1. The van der Waals surface area contributed by atoms with Gasteiger partial charge in [0.15, 0.2) is 6.29 Å². The first-order valence-corrected chi connectivity index (χ1v) is 5.75. The van der Waals surface area contributed by atoms with Crippen molar-refractivity contribution in [2.45, 2.75) is 18.6 Å². The van der Waals surface area contributed by atoms with E-state index in [2.05, 4.69) is 10.0 Å². The van der Waals surface area contributed by atoms with Crippen LogP contribution in [0.15, 0.2) is 17.2 Å². The molecular formula is C11H12N4O6. The average Bonchev–Trinajstić information content (AvgIpc) is 2.46. The Balaban J connectivity index is 3.11. The molecule has 3 N–H and O–H groups in total. The zero-order valence-electron chi connectivity index (χ0n) is 10.7. The molecule has 1 aromatic rings. The molecule has 21 heavy (non-hydrogen) atoms. The third kappa shape index (κ3) is 3.89. The molecule has 2 unspecified atom stereocenters. The van der Waals surface area contributed by atoms with E-state index >= 15 is 0 Å². The van der Waals surface area contributed by atoms with Crippen molar-refractivity contribution >= 4 is 12.0 Å². The normalized spacial score (nSPS) is 13.0. The van der Waals surface area contributed by atoms with E-state index in [-0.39, 0.29) is 30.4 Å². The van der Waals surface area contributed by atoms with Crippen LogP contribution in [0.2, 0.25) is 0 Å². The second-order valence-electron chi connectivity index (χ2n) is 4.11. The Kier molecular flexibility index (Phi) is 5.61. The summed E-state index contributed by atoms with van der Waals surface area (Å²) in [6.07, 6.45) is -2.75. The fourth-order valence-electron chi connectivity index (χ4n) is 1.68. The molecule has 10 heteroatoms. The van der Waals surface area contributed by atoms with Gasteiger partial charge in [-0.3, -0.25) is 14.9 Å². The van der Waals surface area contributed by atoms with Gasteiger partial charge >= 0.3 is 5.69 Å². The number of nitrogens with zero attached hydrogens (tertiary/aromatic N) is 4. The van der Waals surface area contributed by atoms with Gasteiger partial charge in [-0.15, -0.1) is 0 Å². The second-order valence-corrected chi connectivity index (χ2v) is 4.11. The number of aromatic hydroxyl groups is 1. The Hall–Kier alpha value is -2.68. The summed E-state index contributed by atoms with van der Waals surface area (Å²) in [6.45, 7) is -0.0740. The number of aldehydes is 1. The van der Waals surface area contributed by atoms with Crippen LogP contribution in [-0.4, -0.2) is 39.2 Å². The van der Waals surface area contributed by atoms with Gasteiger partial charge in [0.05, 0.1) is 16.6 Å². The number of azide groups is 1. The Morgan fingerprint density at radius 2 is 2.14 bits per heavy atom. The van der Waals surface area contributed by atoms with E-state index in [1.807, 2.05) is 0 Å². The molecule has 0 bridgehead atoms. The van der Waals surface area contributed by atoms with Crippen LogP contribution < -0.4 is 0 Å². The van der Waals surface area contributed by atoms with E-state index in [4.69, 9.17) is 5.53 Å². The van der Waals surface area contributed by atoms with Crippen molar-refractivity contribution in [3.63, 3.8) is 0 Å². The van der Waals surface area contributed by atoms with Crippen LogP contribution in [0.5, 0.6) is 5.75 Å². The van der Waals surface area contributed by atoms with Crippen LogP contribution in [0, 0.1) is 10.1 Å². The first-order chi connectivity index (χ1) is 9.92. The lowest BCUT2D eigenvalue weighted by atomic mass is 9.99. The van der Waals surface area contributed by atoms with Gasteiger partial charge in [0.2, 0.25) is 5.75 Å². The molecule has 1 rings (SSSR count). The first-order valence-electron chi connectivity index (χ1n) is 5.75. The highest BCUT2D eigenvalue weighted by atomic mass is 16.6. The van der Waals surface area contributed by atoms with Gasteiger partial charge in [-0.05, 0) is 23.6 Å². The van der Waals surface area contributed by atoms with E-state index < -0.39 is 28.6 Å². The maximum atomic E-state index is 10.8. The number of nitro groups is 1. The number of hydrogen-bond donors (Lipinski definition) is 3. The van der Waals surface area contributed by atoms with E-state index in [1.54, 1.807) is 0 Å². The Labute approximate surface area is 118 Å². The number of nitro benzene ring substituents is 1. The maximum Gasteiger partial charge on any atom is 0.311 e. The van der Waals surface area contributed by atoms with E-state index in [0.717, 1.165) is 12.1 Å². The lowest BCUT2D eigenvalue weighted by Gasteiger charge is -2.17. The average molecular weight is 296 g/mol. The number of aliphatic hydroxyl groups excluding tert-OH is 2. The lowest BCUT2D eigenvalue weighted by molar-refractivity contribution is -0.386. The van der Waals surface area contributed by atoms with Crippen LogP contribution in [0.1, 0.15) is 28.4 Å². The van der Waals surface area contributed by atoms with Crippen molar-refractivity contribution in [1.29, 1.82) is 0 Å². The van der Waals surface area contributed by atoms with Crippen molar-refractivity contribution in [1.82, 2.24) is 0 Å². The van der Waals surface area contributed by atoms with Crippen LogP contribution in [-0.2, 0) is 0 Å². The topological polar surface area (TPSA) is 170 Å². The monoisotopic (exact) mass is 296 g/mol. The summed E-state index contributed by atoms with van der Waals surface area (Å²) in [5.74, 6) is -0.811. The van der Waals surface area contributed by atoms with Gasteiger partial charge in [0.25, 0.3) is 0 Å². The smallest absolute Gasteiger partial charge is 0.311 e. The zero-order chi connectivity index (χ0) is 16.0. The Morgan fingerprint density at radius 1 is 1.48 bits per heavy atom. The number of rotatable bonds is 7. The highest BCUT2D eigenvalue weighted by Crippen LogP contribution is 2.33. The molecule has 0 fully saturated rings. The van der Waals surface area contributed by atoms with E-state index in [1.165, 1.54) is 0 Å². The number of aliphatic hydroxyl groups is 2. The van der Waals surface area contributed by atoms with Crippen LogP contribution in [0.3, 0.4) is 0 Å². The Bertz CT molecular complexity index is 599. The van der Waals surface area contributed by atoms with Crippen molar-refractivity contribution in [2.75, 3.05) is 6.54 Å². The summed E-state index contributed by atoms with van der Waals surface area (Å²) in [5.41, 5.74) is 6.87. The molecule has 0 spiro atoms. The van der Waals surface area contributed by atoms with Crippen molar-refractivity contribution in [2.24, 2.45) is 5.11 Å². The number of phenolic OH excluding ortho intramolecular Hbond substituents is 1. The van der Waals surface area contributed by atoms with Gasteiger partial charge < -0.3 is 15.3 Å². The molecule has 0 saturated heterocycles. The molecule has 2 atom stereocenters. The van der Waals surface area contributed by atoms with Gasteiger partial charge in [-0.25, -0.2) is 0 Å². The zero-order valence-corrected chi connectivity index (χ0v) is 10.7. The Morgan fingerprint density at radius 3 is 2.67 bits per heavy atom. The maximum absolute atomic E-state index is 10.8. The number of carbonyl (C=O) groups is 1. The minimum atomic E-state index is -1.53. The molecule has 0 radical (unpaired) electrons. The van der Waals surface area contributed by atoms with Gasteiger partial charge in [-0.1, -0.05) is 5.11 Å². The summed E-state index contributed by atoms with van der Waals surface area (Å²) >= 11 is 0. The fraction of sp³-hybridized carbons (Fsp3) is 0.364. The number of phenols is 1. The minimum absolute atomic E-state index is 0.0731. The number of benzene rings is 1. The van der Waals surface area contributed by atoms with E-state index in [0.29, 0.717) is 0 Å². The standard InChI is InChI=1S/C11H12N4O6/c12-14-13-2-1-9(17)11(19)6-3-7(5-16)10(18)8(4-6)15(20)21/h3-5,9,11,17-19H,1-2H2. The molecular weight excluding hydrogens is 284 g/mol. The largest absolute Gasteiger partial charge is 0.502 e. The lowest BCUT2D eigenvalue weighted by Crippen LogP contribution is -2.19. The third-order valence-electron chi connectivity index (χ3n) is 2.76. The highest BCUT2D eigenvalue weighted by Gasteiger charge is 2.25. The summed E-state index contributed by atoms with van der Waals surface area (Å²) in [4.78, 5) is 23.1. The van der Waals surface area contributed by atoms with Crippen molar-refractivity contribution in [3.05, 3.63) is 43.8 Å². The molecule has 0 aliphatic carbocycles. The van der Waals surface area contributed by atoms with Gasteiger partial charge in [-0.2, -0.15) is 0 Å². The fourth-order valence-corrected chi connectivity index (χ4v) is 1.68. The van der Waals surface area contributed by atoms with Crippen molar-refractivity contribution in [3.8, 4) is 5.75 Å². The quantitative estimate of drug-likeness (QED) is 0.170. The summed E-state index contributed by atoms with van der Waals surface area (Å²) < 4.78 is 0. The predicted octanol–water partition coefficient (Wildman–Crippen LogP) is 1.21. The summed E-state index contributed by atoms with van der Waals surface area (Å²) in [7, 11) is 0. The van der Waals surface area contributed by atoms with Crippen LogP contribution in [0.25, 0.3) is 10.4 Å². The van der Waals surface area contributed by atoms with Crippen molar-refractivity contribution < 1.29 is 25.0 Å². The van der Waals surface area contributed by atoms with Gasteiger partial charge in [0, 0.05) is 17.5 Å². The predicted molar refractivity (Wildman–Crippen MR) is 69.7 cm³/mol. The second kappa shape index (κ2) is 7.20. The first kappa shape index (κ1) is 16.4. The van der Waals surface area contributed by atoms with Gasteiger partial charge in [0.1, 0.15) is 6.10 Å². The number of hydrogen-bond acceptors (Lipinski definition) is 7. The third-order valence-corrected chi connectivity index (χ3v) is 2.76. The minimum Gasteiger partial charge on any atom is -0.502 e. The molecule has 0 aliphatic heterocycles. The molecule has 112 valence electrons. The molecule has 0 heterocycles. The summed E-state index contributed by atoms with van der Waals surface area (Å²) in [5, 5.41) is 43.1. The van der Waals surface area contributed by atoms with E-state index in [9.17, 15) is 30.2 Å². The molecule has 0 amide bonds.